The second kappa shape index (κ2) is 7.16. The first kappa shape index (κ1) is 15.4. The Labute approximate surface area is 140 Å². The Bertz CT molecular complexity index is 642. The molecule has 0 aliphatic carbocycles. The van der Waals surface area contributed by atoms with E-state index in [1.54, 1.807) is 12.3 Å². The summed E-state index contributed by atoms with van der Waals surface area (Å²) in [4.78, 5) is 11.1. The number of anilines is 2. The fourth-order valence-electron chi connectivity index (χ4n) is 2.59. The summed E-state index contributed by atoms with van der Waals surface area (Å²) >= 11 is 12.1. The molecule has 0 radical (unpaired) electrons. The van der Waals surface area contributed by atoms with Crippen LogP contribution in [0.5, 0.6) is 0 Å². The molecule has 1 saturated heterocycles. The van der Waals surface area contributed by atoms with Gasteiger partial charge in [0.2, 0.25) is 5.95 Å². The first-order chi connectivity index (χ1) is 10.7. The van der Waals surface area contributed by atoms with Gasteiger partial charge in [0.05, 0.1) is 0 Å². The first-order valence-corrected chi connectivity index (χ1v) is 8.24. The summed E-state index contributed by atoms with van der Waals surface area (Å²) in [5, 5.41) is 4.61. The number of halogens is 2. The van der Waals surface area contributed by atoms with Gasteiger partial charge in [0.15, 0.2) is 0 Å². The highest BCUT2D eigenvalue weighted by Crippen LogP contribution is 2.21. The SMILES string of the molecule is Clc1ccc(CCNc2nccc(N3CCCC3)n2)c(Cl)c1. The minimum absolute atomic E-state index is 0.656. The summed E-state index contributed by atoms with van der Waals surface area (Å²) in [5.41, 5.74) is 1.06. The molecule has 1 aromatic heterocycles. The number of hydrogen-bond donors (Lipinski definition) is 1. The van der Waals surface area contributed by atoms with Crippen LogP contribution in [0.2, 0.25) is 10.0 Å². The van der Waals surface area contributed by atoms with Gasteiger partial charge < -0.3 is 10.2 Å². The van der Waals surface area contributed by atoms with Crippen LogP contribution in [0.15, 0.2) is 30.5 Å². The minimum Gasteiger partial charge on any atom is -0.356 e. The smallest absolute Gasteiger partial charge is 0.224 e. The fourth-order valence-corrected chi connectivity index (χ4v) is 3.09. The molecule has 1 aliphatic heterocycles. The van der Waals surface area contributed by atoms with Gasteiger partial charge in [-0.1, -0.05) is 29.3 Å². The summed E-state index contributed by atoms with van der Waals surface area (Å²) in [6.45, 7) is 2.89. The molecular formula is C16H18Cl2N4. The lowest BCUT2D eigenvalue weighted by atomic mass is 10.1. The van der Waals surface area contributed by atoms with Gasteiger partial charge in [0.25, 0.3) is 0 Å². The lowest BCUT2D eigenvalue weighted by molar-refractivity contribution is 0.917. The quantitative estimate of drug-likeness (QED) is 0.894. The van der Waals surface area contributed by atoms with Gasteiger partial charge >= 0.3 is 0 Å². The Morgan fingerprint density at radius 3 is 2.73 bits per heavy atom. The van der Waals surface area contributed by atoms with Crippen LogP contribution in [-0.4, -0.2) is 29.6 Å². The van der Waals surface area contributed by atoms with Crippen LogP contribution < -0.4 is 10.2 Å². The maximum atomic E-state index is 6.17. The van der Waals surface area contributed by atoms with Crippen molar-refractivity contribution in [2.45, 2.75) is 19.3 Å². The van der Waals surface area contributed by atoms with Crippen LogP contribution in [0.3, 0.4) is 0 Å². The topological polar surface area (TPSA) is 41.1 Å². The minimum atomic E-state index is 0.656. The Morgan fingerprint density at radius 2 is 1.95 bits per heavy atom. The number of benzene rings is 1. The van der Waals surface area contributed by atoms with E-state index in [1.807, 2.05) is 18.2 Å². The van der Waals surface area contributed by atoms with Crippen molar-refractivity contribution in [3.05, 3.63) is 46.1 Å². The Hall–Kier alpha value is -1.52. The molecule has 0 spiro atoms. The van der Waals surface area contributed by atoms with Crippen LogP contribution in [0.1, 0.15) is 18.4 Å². The third-order valence-electron chi connectivity index (χ3n) is 3.76. The van der Waals surface area contributed by atoms with Crippen molar-refractivity contribution in [1.29, 1.82) is 0 Å². The van der Waals surface area contributed by atoms with E-state index >= 15 is 0 Å². The Morgan fingerprint density at radius 1 is 1.14 bits per heavy atom. The average Bonchev–Trinajstić information content (AvgIpc) is 3.04. The zero-order chi connectivity index (χ0) is 15.4. The lowest BCUT2D eigenvalue weighted by Crippen LogP contribution is -2.20. The van der Waals surface area contributed by atoms with Gasteiger partial charge in [-0.05, 0) is 43.0 Å². The molecule has 1 N–H and O–H groups in total. The molecule has 1 aliphatic rings. The van der Waals surface area contributed by atoms with Crippen LogP contribution in [-0.2, 0) is 6.42 Å². The van der Waals surface area contributed by atoms with E-state index in [0.29, 0.717) is 16.0 Å². The lowest BCUT2D eigenvalue weighted by Gasteiger charge is -2.16. The molecule has 6 heteroatoms. The standard InChI is InChI=1S/C16H18Cl2N4/c17-13-4-3-12(14(18)11-13)5-7-19-16-20-8-6-15(21-16)22-9-1-2-10-22/h3-4,6,8,11H,1-2,5,7,9-10H2,(H,19,20,21). The molecule has 1 fully saturated rings. The van der Waals surface area contributed by atoms with Crippen molar-refractivity contribution in [3.63, 3.8) is 0 Å². The van der Waals surface area contributed by atoms with Crippen LogP contribution in [0.25, 0.3) is 0 Å². The molecule has 2 heterocycles. The summed E-state index contributed by atoms with van der Waals surface area (Å²) in [6, 6.07) is 7.54. The van der Waals surface area contributed by atoms with Gasteiger partial charge in [-0.3, -0.25) is 0 Å². The molecule has 4 nitrogen and oxygen atoms in total. The van der Waals surface area contributed by atoms with Crippen molar-refractivity contribution in [2.75, 3.05) is 29.9 Å². The summed E-state index contributed by atoms with van der Waals surface area (Å²) in [7, 11) is 0. The van der Waals surface area contributed by atoms with Crippen LogP contribution >= 0.6 is 23.2 Å². The maximum Gasteiger partial charge on any atom is 0.224 e. The van der Waals surface area contributed by atoms with Crippen molar-refractivity contribution in [1.82, 2.24) is 9.97 Å². The Balaban J connectivity index is 1.58. The molecule has 22 heavy (non-hydrogen) atoms. The van der Waals surface area contributed by atoms with E-state index in [-0.39, 0.29) is 0 Å². The summed E-state index contributed by atoms with van der Waals surface area (Å²) in [5.74, 6) is 1.66. The average molecular weight is 337 g/mol. The molecule has 0 amide bonds. The first-order valence-electron chi connectivity index (χ1n) is 7.48. The van der Waals surface area contributed by atoms with E-state index in [4.69, 9.17) is 23.2 Å². The fraction of sp³-hybridized carbons (Fsp3) is 0.375. The number of aromatic nitrogens is 2. The van der Waals surface area contributed by atoms with Crippen LogP contribution in [0, 0.1) is 0 Å². The molecule has 116 valence electrons. The van der Waals surface area contributed by atoms with Crippen molar-refractivity contribution >= 4 is 35.0 Å². The van der Waals surface area contributed by atoms with Crippen LogP contribution in [0.4, 0.5) is 11.8 Å². The highest BCUT2D eigenvalue weighted by molar-refractivity contribution is 6.35. The predicted octanol–water partition coefficient (Wildman–Crippen LogP) is 4.04. The molecule has 3 rings (SSSR count). The second-order valence-corrected chi connectivity index (χ2v) is 6.19. The van der Waals surface area contributed by atoms with Gasteiger partial charge in [0.1, 0.15) is 5.82 Å². The largest absolute Gasteiger partial charge is 0.356 e. The molecule has 1 aromatic carbocycles. The second-order valence-electron chi connectivity index (χ2n) is 5.35. The van der Waals surface area contributed by atoms with Gasteiger partial charge in [-0.25, -0.2) is 4.98 Å². The molecule has 0 bridgehead atoms. The van der Waals surface area contributed by atoms with Crippen molar-refractivity contribution in [3.8, 4) is 0 Å². The van der Waals surface area contributed by atoms with Crippen molar-refractivity contribution < 1.29 is 0 Å². The third kappa shape index (κ3) is 3.81. The molecular weight excluding hydrogens is 319 g/mol. The highest BCUT2D eigenvalue weighted by Gasteiger charge is 2.13. The number of nitrogens with one attached hydrogen (secondary N) is 1. The van der Waals surface area contributed by atoms with Gasteiger partial charge in [-0.15, -0.1) is 0 Å². The van der Waals surface area contributed by atoms with E-state index in [0.717, 1.165) is 37.4 Å². The molecule has 0 atom stereocenters. The highest BCUT2D eigenvalue weighted by atomic mass is 35.5. The van der Waals surface area contributed by atoms with Gasteiger partial charge in [-0.2, -0.15) is 4.98 Å². The number of rotatable bonds is 5. The molecule has 2 aromatic rings. The summed E-state index contributed by atoms with van der Waals surface area (Å²) in [6.07, 6.45) is 5.08. The summed E-state index contributed by atoms with van der Waals surface area (Å²) < 4.78 is 0. The third-order valence-corrected chi connectivity index (χ3v) is 4.35. The molecule has 0 unspecified atom stereocenters. The maximum absolute atomic E-state index is 6.17. The van der Waals surface area contributed by atoms with Gasteiger partial charge in [0, 0.05) is 35.9 Å². The van der Waals surface area contributed by atoms with E-state index in [9.17, 15) is 0 Å². The Kier molecular flexibility index (Phi) is 5.01. The monoisotopic (exact) mass is 336 g/mol. The number of nitrogens with zero attached hydrogens (tertiary/aromatic N) is 3. The zero-order valence-electron chi connectivity index (χ0n) is 12.2. The zero-order valence-corrected chi connectivity index (χ0v) is 13.7. The normalized spacial score (nSPS) is 14.4. The van der Waals surface area contributed by atoms with Crippen molar-refractivity contribution in [2.24, 2.45) is 0 Å². The molecule has 0 saturated carbocycles. The van der Waals surface area contributed by atoms with E-state index in [2.05, 4.69) is 20.2 Å². The van der Waals surface area contributed by atoms with E-state index < -0.39 is 0 Å². The van der Waals surface area contributed by atoms with E-state index in [1.165, 1.54) is 12.8 Å². The predicted molar refractivity (Wildman–Crippen MR) is 92.1 cm³/mol. The number of hydrogen-bond acceptors (Lipinski definition) is 4.